The molecule has 3 atom stereocenters. The quantitative estimate of drug-likeness (QED) is 0.674. The van der Waals surface area contributed by atoms with Crippen molar-refractivity contribution < 1.29 is 4.79 Å². The first-order chi connectivity index (χ1) is 6.65. The highest BCUT2D eigenvalue weighted by atomic mass is 16.2. The molecule has 1 rings (SSSR count). The number of rotatable bonds is 2. The van der Waals surface area contributed by atoms with Crippen LogP contribution in [0.1, 0.15) is 40.0 Å². The topological polar surface area (TPSA) is 44.1 Å². The highest BCUT2D eigenvalue weighted by molar-refractivity contribution is 5.74. The van der Waals surface area contributed by atoms with Gasteiger partial charge in [0.05, 0.1) is 6.07 Å². The second kappa shape index (κ2) is 4.45. The van der Waals surface area contributed by atoms with Crippen LogP contribution in [0.2, 0.25) is 0 Å². The molecule has 0 spiro atoms. The van der Waals surface area contributed by atoms with Gasteiger partial charge in [-0.15, -0.1) is 0 Å². The Bertz CT molecular complexity index is 257. The Kier molecular flexibility index (Phi) is 3.51. The van der Waals surface area contributed by atoms with Gasteiger partial charge in [-0.25, -0.2) is 0 Å². The maximum absolute atomic E-state index is 11.4. The van der Waals surface area contributed by atoms with E-state index in [-0.39, 0.29) is 18.0 Å². The van der Waals surface area contributed by atoms with Crippen molar-refractivity contribution in [1.82, 2.24) is 4.90 Å². The predicted molar refractivity (Wildman–Crippen MR) is 54.4 cm³/mol. The van der Waals surface area contributed by atoms with E-state index in [1.165, 1.54) is 0 Å². The molecule has 3 unspecified atom stereocenters. The summed E-state index contributed by atoms with van der Waals surface area (Å²) in [5, 5.41) is 8.97. The molecule has 0 aromatic rings. The van der Waals surface area contributed by atoms with Crippen molar-refractivity contribution in [2.24, 2.45) is 5.92 Å². The SMILES string of the molecule is CCC1CC(C#N)N(C(C)=O)C1CC. The first-order valence-electron chi connectivity index (χ1n) is 5.34. The third-order valence-electron chi connectivity index (χ3n) is 3.22. The summed E-state index contributed by atoms with van der Waals surface area (Å²) < 4.78 is 0. The van der Waals surface area contributed by atoms with E-state index < -0.39 is 0 Å². The van der Waals surface area contributed by atoms with Crippen LogP contribution in [0.3, 0.4) is 0 Å². The van der Waals surface area contributed by atoms with E-state index in [0.29, 0.717) is 5.92 Å². The van der Waals surface area contributed by atoms with Gasteiger partial charge in [0.2, 0.25) is 5.91 Å². The largest absolute Gasteiger partial charge is 0.324 e. The Hall–Kier alpha value is -1.04. The Labute approximate surface area is 85.7 Å². The van der Waals surface area contributed by atoms with E-state index in [1.54, 1.807) is 11.8 Å². The van der Waals surface area contributed by atoms with E-state index >= 15 is 0 Å². The number of nitriles is 1. The number of hydrogen-bond donors (Lipinski definition) is 0. The molecule has 78 valence electrons. The zero-order valence-corrected chi connectivity index (χ0v) is 9.16. The standard InChI is InChI=1S/C11H18N2O/c1-4-9-6-10(7-12)13(8(3)14)11(9)5-2/h9-11H,4-6H2,1-3H3. The fraction of sp³-hybridized carbons (Fsp3) is 0.818. The van der Waals surface area contributed by atoms with E-state index in [2.05, 4.69) is 19.9 Å². The van der Waals surface area contributed by atoms with Crippen molar-refractivity contribution in [1.29, 1.82) is 5.26 Å². The summed E-state index contributed by atoms with van der Waals surface area (Å²) in [5.41, 5.74) is 0. The summed E-state index contributed by atoms with van der Waals surface area (Å²) in [4.78, 5) is 13.2. The molecular formula is C11H18N2O. The Balaban J connectivity index is 2.87. The third kappa shape index (κ3) is 1.75. The molecule has 3 heteroatoms. The molecule has 1 fully saturated rings. The van der Waals surface area contributed by atoms with Crippen LogP contribution < -0.4 is 0 Å². The molecule has 0 bridgehead atoms. The van der Waals surface area contributed by atoms with E-state index in [1.807, 2.05) is 0 Å². The molecular weight excluding hydrogens is 176 g/mol. The second-order valence-corrected chi connectivity index (χ2v) is 3.95. The van der Waals surface area contributed by atoms with Crippen LogP contribution in [0.15, 0.2) is 0 Å². The smallest absolute Gasteiger partial charge is 0.220 e. The van der Waals surface area contributed by atoms with Crippen molar-refractivity contribution in [2.75, 3.05) is 0 Å². The lowest BCUT2D eigenvalue weighted by atomic mass is 9.95. The molecule has 0 aromatic heterocycles. The van der Waals surface area contributed by atoms with Gasteiger partial charge in [0, 0.05) is 13.0 Å². The van der Waals surface area contributed by atoms with Crippen LogP contribution in [0.5, 0.6) is 0 Å². The molecule has 0 radical (unpaired) electrons. The Morgan fingerprint density at radius 3 is 2.50 bits per heavy atom. The molecule has 14 heavy (non-hydrogen) atoms. The minimum Gasteiger partial charge on any atom is -0.324 e. The minimum absolute atomic E-state index is 0.0411. The van der Waals surface area contributed by atoms with Gasteiger partial charge in [0.1, 0.15) is 6.04 Å². The van der Waals surface area contributed by atoms with Gasteiger partial charge >= 0.3 is 0 Å². The molecule has 0 aromatic carbocycles. The highest BCUT2D eigenvalue weighted by Gasteiger charge is 2.40. The van der Waals surface area contributed by atoms with E-state index in [4.69, 9.17) is 5.26 Å². The van der Waals surface area contributed by atoms with Crippen molar-refractivity contribution in [3.05, 3.63) is 0 Å². The highest BCUT2D eigenvalue weighted by Crippen LogP contribution is 2.33. The number of carbonyl (C=O) groups is 1. The molecule has 1 aliphatic heterocycles. The van der Waals surface area contributed by atoms with Gasteiger partial charge < -0.3 is 4.90 Å². The third-order valence-corrected chi connectivity index (χ3v) is 3.22. The molecule has 1 heterocycles. The summed E-state index contributed by atoms with van der Waals surface area (Å²) in [7, 11) is 0. The van der Waals surface area contributed by atoms with Crippen LogP contribution in [0.4, 0.5) is 0 Å². The zero-order chi connectivity index (χ0) is 10.7. The van der Waals surface area contributed by atoms with Gasteiger partial charge in [-0.1, -0.05) is 20.3 Å². The van der Waals surface area contributed by atoms with Crippen molar-refractivity contribution in [3.8, 4) is 6.07 Å². The average Bonchev–Trinajstić information content (AvgIpc) is 2.54. The van der Waals surface area contributed by atoms with Gasteiger partial charge in [0.15, 0.2) is 0 Å². The number of carbonyl (C=O) groups excluding carboxylic acids is 1. The maximum Gasteiger partial charge on any atom is 0.220 e. The lowest BCUT2D eigenvalue weighted by Crippen LogP contribution is -2.40. The normalized spacial score (nSPS) is 31.6. The maximum atomic E-state index is 11.4. The van der Waals surface area contributed by atoms with E-state index in [0.717, 1.165) is 19.3 Å². The fourth-order valence-corrected chi connectivity index (χ4v) is 2.55. The molecule has 0 saturated carbocycles. The summed E-state index contributed by atoms with van der Waals surface area (Å²) in [5.74, 6) is 0.549. The van der Waals surface area contributed by atoms with Crippen LogP contribution in [0.25, 0.3) is 0 Å². The predicted octanol–water partition coefficient (Wildman–Crippen LogP) is 1.94. The van der Waals surface area contributed by atoms with Gasteiger partial charge in [0.25, 0.3) is 0 Å². The zero-order valence-electron chi connectivity index (χ0n) is 9.16. The van der Waals surface area contributed by atoms with Crippen LogP contribution in [0, 0.1) is 17.2 Å². The van der Waals surface area contributed by atoms with Crippen molar-refractivity contribution in [2.45, 2.75) is 52.1 Å². The lowest BCUT2D eigenvalue weighted by molar-refractivity contribution is -0.131. The Morgan fingerprint density at radius 1 is 1.50 bits per heavy atom. The monoisotopic (exact) mass is 194 g/mol. The lowest BCUT2D eigenvalue weighted by Gasteiger charge is -2.27. The van der Waals surface area contributed by atoms with E-state index in [9.17, 15) is 4.79 Å². The average molecular weight is 194 g/mol. The minimum atomic E-state index is -0.192. The molecule has 1 amide bonds. The molecule has 0 aliphatic carbocycles. The van der Waals surface area contributed by atoms with Gasteiger partial charge in [-0.05, 0) is 18.8 Å². The van der Waals surface area contributed by atoms with Gasteiger partial charge in [-0.2, -0.15) is 5.26 Å². The summed E-state index contributed by atoms with van der Waals surface area (Å²) in [6.07, 6.45) is 2.86. The molecule has 1 aliphatic rings. The molecule has 0 N–H and O–H groups in total. The number of amides is 1. The summed E-state index contributed by atoms with van der Waals surface area (Å²) in [6.45, 7) is 5.78. The number of likely N-dealkylation sites (tertiary alicyclic amines) is 1. The van der Waals surface area contributed by atoms with Crippen LogP contribution in [-0.2, 0) is 4.79 Å². The van der Waals surface area contributed by atoms with Crippen LogP contribution >= 0.6 is 0 Å². The number of nitrogens with zero attached hydrogens (tertiary/aromatic N) is 2. The second-order valence-electron chi connectivity index (χ2n) is 3.95. The summed E-state index contributed by atoms with van der Waals surface area (Å²) in [6, 6.07) is 2.32. The Morgan fingerprint density at radius 2 is 2.14 bits per heavy atom. The molecule has 3 nitrogen and oxygen atoms in total. The van der Waals surface area contributed by atoms with Gasteiger partial charge in [-0.3, -0.25) is 4.79 Å². The first-order valence-corrected chi connectivity index (χ1v) is 5.34. The van der Waals surface area contributed by atoms with Crippen LogP contribution in [-0.4, -0.2) is 22.9 Å². The van der Waals surface area contributed by atoms with Crippen molar-refractivity contribution in [3.63, 3.8) is 0 Å². The number of hydrogen-bond acceptors (Lipinski definition) is 2. The van der Waals surface area contributed by atoms with Crippen molar-refractivity contribution >= 4 is 5.91 Å². The molecule has 1 saturated heterocycles. The first kappa shape index (κ1) is 11.0. The summed E-state index contributed by atoms with van der Waals surface area (Å²) >= 11 is 0. The fourth-order valence-electron chi connectivity index (χ4n) is 2.55.